The monoisotopic (exact) mass is 320 g/mol. The minimum absolute atomic E-state index is 0.0553. The van der Waals surface area contributed by atoms with Crippen LogP contribution in [0.2, 0.25) is 0 Å². The van der Waals surface area contributed by atoms with Crippen LogP contribution in [0.4, 0.5) is 4.79 Å². The highest BCUT2D eigenvalue weighted by Gasteiger charge is 2.34. The summed E-state index contributed by atoms with van der Waals surface area (Å²) in [5, 5.41) is 12.4. The zero-order chi connectivity index (χ0) is 16.7. The van der Waals surface area contributed by atoms with E-state index in [1.165, 1.54) is 5.56 Å². The smallest absolute Gasteiger partial charge is 0.317 e. The van der Waals surface area contributed by atoms with Crippen LogP contribution < -0.4 is 5.32 Å². The lowest BCUT2D eigenvalue weighted by molar-refractivity contribution is 0.0502. The summed E-state index contributed by atoms with van der Waals surface area (Å²) in [6.45, 7) is 4.34. The number of rotatable bonds is 6. The Hall–Kier alpha value is -1.59. The van der Waals surface area contributed by atoms with Gasteiger partial charge in [0, 0.05) is 38.8 Å². The van der Waals surface area contributed by atoms with Gasteiger partial charge in [0.15, 0.2) is 0 Å². The number of aliphatic hydroxyl groups is 1. The molecule has 0 aliphatic carbocycles. The minimum Gasteiger partial charge on any atom is -0.393 e. The lowest BCUT2D eigenvalue weighted by atomic mass is 9.74. The summed E-state index contributed by atoms with van der Waals surface area (Å²) in [6.07, 6.45) is 2.02. The zero-order valence-corrected chi connectivity index (χ0v) is 14.1. The second-order valence-electron chi connectivity index (χ2n) is 6.48. The topological polar surface area (TPSA) is 61.8 Å². The highest BCUT2D eigenvalue weighted by molar-refractivity contribution is 5.74. The molecule has 5 heteroatoms. The number of carbonyl (C=O) groups excluding carboxylic acids is 1. The molecule has 0 spiro atoms. The molecule has 1 unspecified atom stereocenters. The highest BCUT2D eigenvalue weighted by Crippen LogP contribution is 2.34. The van der Waals surface area contributed by atoms with E-state index in [0.29, 0.717) is 19.5 Å². The fraction of sp³-hybridized carbons (Fsp3) is 0.611. The molecule has 0 radical (unpaired) electrons. The maximum absolute atomic E-state index is 12.3. The second kappa shape index (κ2) is 8.31. The summed E-state index contributed by atoms with van der Waals surface area (Å²) in [7, 11) is 1.76. The van der Waals surface area contributed by atoms with Crippen molar-refractivity contribution in [3.05, 3.63) is 35.9 Å². The summed E-state index contributed by atoms with van der Waals surface area (Å²) in [4.78, 5) is 13.9. The molecule has 0 bridgehead atoms. The zero-order valence-electron chi connectivity index (χ0n) is 14.1. The number of urea groups is 1. The summed E-state index contributed by atoms with van der Waals surface area (Å²) in [5.74, 6) is 0. The van der Waals surface area contributed by atoms with Gasteiger partial charge in [0.2, 0.25) is 0 Å². The van der Waals surface area contributed by atoms with Crippen molar-refractivity contribution in [3.8, 4) is 0 Å². The molecule has 1 heterocycles. The number of ether oxygens (including phenoxy) is 1. The predicted molar refractivity (Wildman–Crippen MR) is 90.5 cm³/mol. The molecule has 1 fully saturated rings. The number of nitrogens with one attached hydrogen (secondary N) is 1. The third kappa shape index (κ3) is 4.94. The van der Waals surface area contributed by atoms with Crippen molar-refractivity contribution in [1.29, 1.82) is 0 Å². The van der Waals surface area contributed by atoms with Crippen molar-refractivity contribution in [2.24, 2.45) is 0 Å². The van der Waals surface area contributed by atoms with Crippen molar-refractivity contribution in [2.75, 3.05) is 33.4 Å². The Morgan fingerprint density at radius 3 is 2.61 bits per heavy atom. The second-order valence-corrected chi connectivity index (χ2v) is 6.48. The normalized spacial score (nSPS) is 18.2. The average molecular weight is 320 g/mol. The van der Waals surface area contributed by atoms with E-state index in [-0.39, 0.29) is 11.4 Å². The first-order valence-corrected chi connectivity index (χ1v) is 8.34. The van der Waals surface area contributed by atoms with E-state index in [9.17, 15) is 9.90 Å². The molecule has 1 saturated heterocycles. The van der Waals surface area contributed by atoms with Crippen molar-refractivity contribution in [2.45, 2.75) is 37.7 Å². The van der Waals surface area contributed by atoms with Crippen LogP contribution >= 0.6 is 0 Å². The van der Waals surface area contributed by atoms with Crippen molar-refractivity contribution in [3.63, 3.8) is 0 Å². The molecule has 1 aliphatic rings. The predicted octanol–water partition coefficient (Wildman–Crippen LogP) is 2.15. The standard InChI is InChI=1S/C18H28N2O3/c1-15(21)8-11-20(2)17(22)19-14-18(9-12-23-13-10-18)16-6-4-3-5-7-16/h3-7,15,21H,8-14H2,1-2H3,(H,19,22). The van der Waals surface area contributed by atoms with Gasteiger partial charge in [-0.25, -0.2) is 4.79 Å². The van der Waals surface area contributed by atoms with Crippen LogP contribution in [-0.2, 0) is 10.2 Å². The highest BCUT2D eigenvalue weighted by atomic mass is 16.5. The van der Waals surface area contributed by atoms with E-state index >= 15 is 0 Å². The number of nitrogens with zero attached hydrogens (tertiary/aromatic N) is 1. The van der Waals surface area contributed by atoms with Gasteiger partial charge in [-0.05, 0) is 31.7 Å². The summed E-state index contributed by atoms with van der Waals surface area (Å²) < 4.78 is 5.51. The maximum atomic E-state index is 12.3. The van der Waals surface area contributed by atoms with Gasteiger partial charge < -0.3 is 20.1 Å². The van der Waals surface area contributed by atoms with Crippen LogP contribution in [0.25, 0.3) is 0 Å². The van der Waals surface area contributed by atoms with Crippen LogP contribution in [0.3, 0.4) is 0 Å². The molecule has 0 aromatic heterocycles. The first-order chi connectivity index (χ1) is 11.0. The Labute approximate surface area is 138 Å². The quantitative estimate of drug-likeness (QED) is 0.844. The summed E-state index contributed by atoms with van der Waals surface area (Å²) in [5.41, 5.74) is 1.20. The first-order valence-electron chi connectivity index (χ1n) is 8.34. The number of aliphatic hydroxyl groups excluding tert-OH is 1. The van der Waals surface area contributed by atoms with Crippen molar-refractivity contribution >= 4 is 6.03 Å². The lowest BCUT2D eigenvalue weighted by Crippen LogP contribution is -2.48. The van der Waals surface area contributed by atoms with E-state index in [4.69, 9.17) is 4.74 Å². The first kappa shape index (κ1) is 17.8. The van der Waals surface area contributed by atoms with Gasteiger partial charge >= 0.3 is 6.03 Å². The largest absolute Gasteiger partial charge is 0.393 e. The number of carbonyl (C=O) groups is 1. The molecule has 128 valence electrons. The SMILES string of the molecule is CC(O)CCN(C)C(=O)NCC1(c2ccccc2)CCOCC1. The molecule has 23 heavy (non-hydrogen) atoms. The van der Waals surface area contributed by atoms with E-state index < -0.39 is 6.10 Å². The van der Waals surface area contributed by atoms with Gasteiger partial charge in [0.25, 0.3) is 0 Å². The summed E-state index contributed by atoms with van der Waals surface area (Å²) in [6, 6.07) is 10.3. The van der Waals surface area contributed by atoms with E-state index in [0.717, 1.165) is 26.1 Å². The van der Waals surface area contributed by atoms with Gasteiger partial charge in [0.05, 0.1) is 6.10 Å². The third-order valence-electron chi connectivity index (χ3n) is 4.64. The van der Waals surface area contributed by atoms with E-state index in [1.54, 1.807) is 18.9 Å². The molecular weight excluding hydrogens is 292 g/mol. The Balaban J connectivity index is 1.98. The molecule has 2 amide bonds. The molecular formula is C18H28N2O3. The van der Waals surface area contributed by atoms with Crippen LogP contribution in [0.5, 0.6) is 0 Å². The molecule has 1 aliphatic heterocycles. The van der Waals surface area contributed by atoms with Gasteiger partial charge in [-0.2, -0.15) is 0 Å². The Morgan fingerprint density at radius 1 is 1.35 bits per heavy atom. The van der Waals surface area contributed by atoms with Crippen LogP contribution in [0, 0.1) is 0 Å². The van der Waals surface area contributed by atoms with Crippen LogP contribution in [0.1, 0.15) is 31.7 Å². The molecule has 0 saturated carbocycles. The lowest BCUT2D eigenvalue weighted by Gasteiger charge is -2.38. The van der Waals surface area contributed by atoms with Gasteiger partial charge in [-0.15, -0.1) is 0 Å². The number of hydrogen-bond acceptors (Lipinski definition) is 3. The van der Waals surface area contributed by atoms with Crippen molar-refractivity contribution in [1.82, 2.24) is 10.2 Å². The van der Waals surface area contributed by atoms with Crippen LogP contribution in [-0.4, -0.2) is 55.5 Å². The van der Waals surface area contributed by atoms with E-state index in [1.807, 2.05) is 18.2 Å². The molecule has 1 aromatic carbocycles. The Kier molecular flexibility index (Phi) is 6.42. The fourth-order valence-electron chi connectivity index (χ4n) is 2.98. The fourth-order valence-corrected chi connectivity index (χ4v) is 2.98. The Morgan fingerprint density at radius 2 is 2.00 bits per heavy atom. The molecule has 2 rings (SSSR count). The number of hydrogen-bond donors (Lipinski definition) is 2. The molecule has 1 atom stereocenters. The maximum Gasteiger partial charge on any atom is 0.317 e. The summed E-state index contributed by atoms with van der Waals surface area (Å²) >= 11 is 0. The molecule has 5 nitrogen and oxygen atoms in total. The number of amides is 2. The van der Waals surface area contributed by atoms with Crippen molar-refractivity contribution < 1.29 is 14.6 Å². The van der Waals surface area contributed by atoms with Crippen LogP contribution in [0.15, 0.2) is 30.3 Å². The van der Waals surface area contributed by atoms with E-state index in [2.05, 4.69) is 17.4 Å². The molecule has 2 N–H and O–H groups in total. The van der Waals surface area contributed by atoms with Gasteiger partial charge in [-0.3, -0.25) is 0 Å². The minimum atomic E-state index is -0.392. The van der Waals surface area contributed by atoms with Gasteiger partial charge in [0.1, 0.15) is 0 Å². The van der Waals surface area contributed by atoms with Gasteiger partial charge in [-0.1, -0.05) is 30.3 Å². The molecule has 1 aromatic rings. The average Bonchev–Trinajstić information content (AvgIpc) is 2.59. The number of benzene rings is 1. The Bertz CT molecular complexity index is 484. The third-order valence-corrected chi connectivity index (χ3v) is 4.64.